The monoisotopic (exact) mass is 239 g/mol. The predicted molar refractivity (Wildman–Crippen MR) is 64.8 cm³/mol. The third-order valence-corrected chi connectivity index (χ3v) is 2.70. The van der Waals surface area contributed by atoms with Crippen molar-refractivity contribution in [3.8, 4) is 0 Å². The summed E-state index contributed by atoms with van der Waals surface area (Å²) in [5, 5.41) is 7.20. The third kappa shape index (κ3) is 3.19. The molecule has 2 rings (SSSR count). The number of hydrogen-bond donors (Lipinski definition) is 1. The Hall–Kier alpha value is -1.10. The smallest absolute Gasteiger partial charge is 0.321 e. The lowest BCUT2D eigenvalue weighted by atomic mass is 9.88. The molecule has 1 fully saturated rings. The molecule has 0 saturated heterocycles. The minimum Gasteiger partial charge on any atom is -0.370 e. The first-order chi connectivity index (χ1) is 8.00. The maximum Gasteiger partial charge on any atom is 0.321 e. The summed E-state index contributed by atoms with van der Waals surface area (Å²) in [4.78, 5) is 4.36. The average molecular weight is 239 g/mol. The van der Waals surface area contributed by atoms with Crippen molar-refractivity contribution in [3.05, 3.63) is 5.82 Å². The van der Waals surface area contributed by atoms with Crippen molar-refractivity contribution in [3.63, 3.8) is 0 Å². The molecule has 0 amide bonds. The van der Waals surface area contributed by atoms with E-state index in [0.717, 1.165) is 0 Å². The van der Waals surface area contributed by atoms with Crippen molar-refractivity contribution < 1.29 is 9.26 Å². The number of aromatic nitrogens is 2. The average Bonchev–Trinajstić information content (AvgIpc) is 2.91. The van der Waals surface area contributed by atoms with Gasteiger partial charge < -0.3 is 14.6 Å². The fraction of sp³-hybridized carbons (Fsp3) is 0.833. The normalized spacial score (nSPS) is 18.1. The summed E-state index contributed by atoms with van der Waals surface area (Å²) in [6.45, 7) is 8.94. The minimum atomic E-state index is -0.133. The molecule has 0 bridgehead atoms. The summed E-state index contributed by atoms with van der Waals surface area (Å²) in [7, 11) is 0. The molecule has 0 aromatic carbocycles. The number of nitrogens with zero attached hydrogens (tertiary/aromatic N) is 2. The van der Waals surface area contributed by atoms with Gasteiger partial charge in [0, 0.05) is 12.6 Å². The predicted octanol–water partition coefficient (Wildman–Crippen LogP) is 2.77. The fourth-order valence-corrected chi connectivity index (χ4v) is 1.68. The molecule has 1 N–H and O–H groups in total. The molecule has 5 heteroatoms. The van der Waals surface area contributed by atoms with E-state index < -0.39 is 0 Å². The third-order valence-electron chi connectivity index (χ3n) is 2.70. The molecule has 1 saturated carbocycles. The number of ether oxygens (including phenoxy) is 1. The van der Waals surface area contributed by atoms with Crippen molar-refractivity contribution in [1.29, 1.82) is 0 Å². The van der Waals surface area contributed by atoms with Gasteiger partial charge in [-0.1, -0.05) is 25.9 Å². The highest BCUT2D eigenvalue weighted by Gasteiger charge is 2.32. The Morgan fingerprint density at radius 2 is 2.18 bits per heavy atom. The van der Waals surface area contributed by atoms with E-state index in [2.05, 4.69) is 36.2 Å². The molecule has 1 heterocycles. The second-order valence-corrected chi connectivity index (χ2v) is 5.58. The molecule has 0 aliphatic heterocycles. The molecule has 0 radical (unpaired) electrons. The molecule has 1 aliphatic rings. The van der Waals surface area contributed by atoms with Crippen LogP contribution in [-0.4, -0.2) is 22.8 Å². The van der Waals surface area contributed by atoms with Gasteiger partial charge in [0.2, 0.25) is 5.82 Å². The zero-order valence-corrected chi connectivity index (χ0v) is 11.0. The van der Waals surface area contributed by atoms with Gasteiger partial charge in [-0.25, -0.2) is 0 Å². The zero-order valence-electron chi connectivity index (χ0n) is 11.0. The van der Waals surface area contributed by atoms with Gasteiger partial charge in [0.25, 0.3) is 0 Å². The van der Waals surface area contributed by atoms with Crippen molar-refractivity contribution >= 4 is 6.01 Å². The van der Waals surface area contributed by atoms with Crippen LogP contribution in [0.25, 0.3) is 0 Å². The van der Waals surface area contributed by atoms with Crippen LogP contribution >= 0.6 is 0 Å². The van der Waals surface area contributed by atoms with E-state index in [1.165, 1.54) is 12.8 Å². The molecular weight excluding hydrogens is 218 g/mol. The summed E-state index contributed by atoms with van der Waals surface area (Å²) in [6.07, 6.45) is 2.24. The molecular formula is C12H21N3O2. The second kappa shape index (κ2) is 4.64. The molecule has 1 aromatic heterocycles. The highest BCUT2D eigenvalue weighted by molar-refractivity contribution is 5.24. The number of anilines is 1. The molecule has 1 atom stereocenters. The van der Waals surface area contributed by atoms with Gasteiger partial charge in [-0.15, -0.1) is 0 Å². The summed E-state index contributed by atoms with van der Waals surface area (Å²) >= 11 is 0. The van der Waals surface area contributed by atoms with Crippen LogP contribution in [0.5, 0.6) is 0 Å². The van der Waals surface area contributed by atoms with Gasteiger partial charge in [0.05, 0.1) is 0 Å². The highest BCUT2D eigenvalue weighted by atomic mass is 16.5. The summed E-state index contributed by atoms with van der Waals surface area (Å²) < 4.78 is 10.9. The van der Waals surface area contributed by atoms with Crippen LogP contribution in [-0.2, 0) is 4.74 Å². The summed E-state index contributed by atoms with van der Waals surface area (Å²) in [5.41, 5.74) is -0.0449. The summed E-state index contributed by atoms with van der Waals surface area (Å²) in [5.74, 6) is 0.627. The Labute approximate surface area is 102 Å². The van der Waals surface area contributed by atoms with Crippen LogP contribution in [0, 0.1) is 5.41 Å². The Morgan fingerprint density at radius 3 is 2.71 bits per heavy atom. The first-order valence-electron chi connectivity index (χ1n) is 6.22. The Morgan fingerprint density at radius 1 is 1.47 bits per heavy atom. The molecule has 0 spiro atoms. The lowest BCUT2D eigenvalue weighted by molar-refractivity contribution is -0.0203. The van der Waals surface area contributed by atoms with E-state index in [1.807, 2.05) is 6.92 Å². The summed E-state index contributed by atoms with van der Waals surface area (Å²) in [6, 6.07) is 1.03. The molecule has 5 nitrogen and oxygen atoms in total. The zero-order chi connectivity index (χ0) is 12.5. The van der Waals surface area contributed by atoms with Crippen molar-refractivity contribution in [2.45, 2.75) is 52.7 Å². The highest BCUT2D eigenvalue weighted by Crippen LogP contribution is 2.35. The van der Waals surface area contributed by atoms with Crippen molar-refractivity contribution in [1.82, 2.24) is 10.1 Å². The molecule has 1 aromatic rings. The molecule has 96 valence electrons. The minimum absolute atomic E-state index is 0.0449. The Balaban J connectivity index is 2.08. The van der Waals surface area contributed by atoms with Gasteiger partial charge in [-0.05, 0) is 25.2 Å². The SMILES string of the molecule is CCOC(c1noc(NC2CC2)n1)C(C)(C)C. The number of rotatable bonds is 5. The van der Waals surface area contributed by atoms with E-state index in [-0.39, 0.29) is 11.5 Å². The molecule has 17 heavy (non-hydrogen) atoms. The first kappa shape index (κ1) is 12.4. The number of nitrogens with one attached hydrogen (secondary N) is 1. The fourth-order valence-electron chi connectivity index (χ4n) is 1.68. The van der Waals surface area contributed by atoms with E-state index in [9.17, 15) is 0 Å². The van der Waals surface area contributed by atoms with Gasteiger partial charge >= 0.3 is 6.01 Å². The molecule has 1 aliphatic carbocycles. The van der Waals surface area contributed by atoms with Crippen molar-refractivity contribution in [2.24, 2.45) is 5.41 Å². The number of hydrogen-bond acceptors (Lipinski definition) is 5. The maximum absolute atomic E-state index is 5.71. The van der Waals surface area contributed by atoms with Crippen LogP contribution < -0.4 is 5.32 Å². The van der Waals surface area contributed by atoms with Crippen LogP contribution in [0.15, 0.2) is 4.52 Å². The van der Waals surface area contributed by atoms with Gasteiger partial charge in [-0.2, -0.15) is 4.98 Å². The topological polar surface area (TPSA) is 60.2 Å². The van der Waals surface area contributed by atoms with Gasteiger partial charge in [0.1, 0.15) is 6.10 Å². The van der Waals surface area contributed by atoms with E-state index in [4.69, 9.17) is 9.26 Å². The largest absolute Gasteiger partial charge is 0.370 e. The quantitative estimate of drug-likeness (QED) is 0.856. The van der Waals surface area contributed by atoms with Crippen LogP contribution in [0.2, 0.25) is 0 Å². The standard InChI is InChI=1S/C12H21N3O2/c1-5-16-9(12(2,3)4)10-14-11(17-15-10)13-8-6-7-8/h8-9H,5-7H2,1-4H3,(H,13,14,15). The van der Waals surface area contributed by atoms with Crippen LogP contribution in [0.4, 0.5) is 6.01 Å². The van der Waals surface area contributed by atoms with Gasteiger partial charge in [0.15, 0.2) is 0 Å². The van der Waals surface area contributed by atoms with Crippen molar-refractivity contribution in [2.75, 3.05) is 11.9 Å². The Kier molecular flexibility index (Phi) is 3.38. The second-order valence-electron chi connectivity index (χ2n) is 5.58. The van der Waals surface area contributed by atoms with Crippen LogP contribution in [0.3, 0.4) is 0 Å². The lowest BCUT2D eigenvalue weighted by Crippen LogP contribution is -2.22. The van der Waals surface area contributed by atoms with Crippen LogP contribution in [0.1, 0.15) is 52.5 Å². The van der Waals surface area contributed by atoms with E-state index >= 15 is 0 Å². The lowest BCUT2D eigenvalue weighted by Gasteiger charge is -2.27. The molecule has 1 unspecified atom stereocenters. The van der Waals surface area contributed by atoms with E-state index in [0.29, 0.717) is 24.5 Å². The van der Waals surface area contributed by atoms with E-state index in [1.54, 1.807) is 0 Å². The maximum atomic E-state index is 5.71. The Bertz CT molecular complexity index is 366. The first-order valence-corrected chi connectivity index (χ1v) is 6.22. The van der Waals surface area contributed by atoms with Gasteiger partial charge in [-0.3, -0.25) is 0 Å².